The van der Waals surface area contributed by atoms with Gasteiger partial charge in [0.15, 0.2) is 0 Å². The molecule has 1 fully saturated rings. The van der Waals surface area contributed by atoms with Crippen molar-refractivity contribution in [3.8, 4) is 0 Å². The highest BCUT2D eigenvalue weighted by Gasteiger charge is 2.22. The second-order valence-corrected chi connectivity index (χ2v) is 4.80. The molecule has 2 amide bonds. The van der Waals surface area contributed by atoms with Crippen LogP contribution in [0.25, 0.3) is 0 Å². The summed E-state index contributed by atoms with van der Waals surface area (Å²) in [5, 5.41) is 11.9. The zero-order chi connectivity index (χ0) is 14.5. The molecule has 0 aromatic heterocycles. The van der Waals surface area contributed by atoms with Gasteiger partial charge >= 0.3 is 0 Å². The van der Waals surface area contributed by atoms with E-state index < -0.39 is 17.8 Å². The van der Waals surface area contributed by atoms with Crippen LogP contribution in [0.2, 0.25) is 0 Å². The minimum atomic E-state index is -0.620. The van der Waals surface area contributed by atoms with E-state index in [1.165, 1.54) is 23.1 Å². The molecule has 0 radical (unpaired) electrons. The molecule has 1 atom stereocenters. The number of likely N-dealkylation sites (tertiary alicyclic amines) is 1. The van der Waals surface area contributed by atoms with E-state index in [1.807, 2.05) is 0 Å². The Kier molecular flexibility index (Phi) is 4.68. The Hall–Kier alpha value is -1.95. The lowest BCUT2D eigenvalue weighted by Crippen LogP contribution is -2.46. The molecule has 20 heavy (non-hydrogen) atoms. The molecule has 2 rings (SSSR count). The molecule has 1 unspecified atom stereocenters. The fourth-order valence-electron chi connectivity index (χ4n) is 2.19. The number of nitrogens with zero attached hydrogens (tertiary/aromatic N) is 1. The van der Waals surface area contributed by atoms with E-state index in [4.69, 9.17) is 0 Å². The number of β-amino-alcohol motifs (C(OH)–C–C–N with tert-alkyl or cyclic N) is 1. The average molecular weight is 280 g/mol. The van der Waals surface area contributed by atoms with E-state index in [0.717, 1.165) is 6.42 Å². The Bertz CT molecular complexity index is 507. The highest BCUT2D eigenvalue weighted by molar-refractivity contribution is 5.96. The molecule has 0 saturated carbocycles. The van der Waals surface area contributed by atoms with Crippen molar-refractivity contribution in [2.45, 2.75) is 18.9 Å². The van der Waals surface area contributed by atoms with E-state index >= 15 is 0 Å². The van der Waals surface area contributed by atoms with Gasteiger partial charge in [-0.3, -0.25) is 9.59 Å². The van der Waals surface area contributed by atoms with E-state index in [9.17, 15) is 19.1 Å². The first-order chi connectivity index (χ1) is 9.58. The standard InChI is InChI=1S/C14H17FN2O3/c15-12-6-2-1-5-11(12)14(20)16-8-13(19)17-7-3-4-10(18)9-17/h1-2,5-6,10,18H,3-4,7-9H2,(H,16,20). The van der Waals surface area contributed by atoms with Gasteiger partial charge in [-0.25, -0.2) is 4.39 Å². The third-order valence-electron chi connectivity index (χ3n) is 3.27. The highest BCUT2D eigenvalue weighted by atomic mass is 19.1. The molecule has 6 heteroatoms. The third-order valence-corrected chi connectivity index (χ3v) is 3.27. The fourth-order valence-corrected chi connectivity index (χ4v) is 2.19. The minimum Gasteiger partial charge on any atom is -0.391 e. The molecule has 108 valence electrons. The van der Waals surface area contributed by atoms with Gasteiger partial charge in [-0.05, 0) is 25.0 Å². The number of hydrogen-bond donors (Lipinski definition) is 2. The molecule has 1 saturated heterocycles. The third kappa shape index (κ3) is 3.54. The van der Waals surface area contributed by atoms with Gasteiger partial charge in [-0.1, -0.05) is 12.1 Å². The van der Waals surface area contributed by atoms with Crippen molar-refractivity contribution in [2.75, 3.05) is 19.6 Å². The van der Waals surface area contributed by atoms with Crippen LogP contribution in [-0.2, 0) is 4.79 Å². The van der Waals surface area contributed by atoms with Gasteiger partial charge in [0.05, 0.1) is 18.2 Å². The summed E-state index contributed by atoms with van der Waals surface area (Å²) < 4.78 is 13.4. The molecule has 0 bridgehead atoms. The van der Waals surface area contributed by atoms with Gasteiger partial charge in [-0.2, -0.15) is 0 Å². The highest BCUT2D eigenvalue weighted by Crippen LogP contribution is 2.10. The van der Waals surface area contributed by atoms with Crippen molar-refractivity contribution < 1.29 is 19.1 Å². The molecule has 5 nitrogen and oxygen atoms in total. The van der Waals surface area contributed by atoms with Crippen LogP contribution < -0.4 is 5.32 Å². The lowest BCUT2D eigenvalue weighted by molar-refractivity contribution is -0.133. The van der Waals surface area contributed by atoms with Crippen LogP contribution >= 0.6 is 0 Å². The van der Waals surface area contributed by atoms with E-state index in [2.05, 4.69) is 5.32 Å². The molecule has 2 N–H and O–H groups in total. The maximum atomic E-state index is 13.4. The Morgan fingerprint density at radius 2 is 2.15 bits per heavy atom. The van der Waals surface area contributed by atoms with Crippen molar-refractivity contribution >= 4 is 11.8 Å². The number of nitrogens with one attached hydrogen (secondary N) is 1. The maximum Gasteiger partial charge on any atom is 0.254 e. The first-order valence-electron chi connectivity index (χ1n) is 6.56. The van der Waals surface area contributed by atoms with Gasteiger partial charge in [0.2, 0.25) is 5.91 Å². The molecule has 1 aliphatic heterocycles. The molecule has 1 aliphatic rings. The van der Waals surface area contributed by atoms with Gasteiger partial charge < -0.3 is 15.3 Å². The van der Waals surface area contributed by atoms with Gasteiger partial charge in [0.1, 0.15) is 5.82 Å². The number of hydrogen-bond acceptors (Lipinski definition) is 3. The number of aliphatic hydroxyl groups is 1. The number of benzene rings is 1. The zero-order valence-corrected chi connectivity index (χ0v) is 11.0. The normalized spacial score (nSPS) is 18.7. The molecule has 1 aromatic carbocycles. The van der Waals surface area contributed by atoms with Crippen LogP contribution in [-0.4, -0.2) is 47.6 Å². The van der Waals surface area contributed by atoms with Crippen LogP contribution in [0.1, 0.15) is 23.2 Å². The Morgan fingerprint density at radius 3 is 2.85 bits per heavy atom. The van der Waals surface area contributed by atoms with Crippen molar-refractivity contribution in [3.63, 3.8) is 0 Å². The Morgan fingerprint density at radius 1 is 1.40 bits per heavy atom. The summed E-state index contributed by atoms with van der Waals surface area (Å²) in [6.45, 7) is 0.666. The number of amides is 2. The van der Waals surface area contributed by atoms with Crippen LogP contribution in [0.5, 0.6) is 0 Å². The largest absolute Gasteiger partial charge is 0.391 e. The number of piperidine rings is 1. The Balaban J connectivity index is 1.87. The summed E-state index contributed by atoms with van der Waals surface area (Å²) in [5.74, 6) is -1.51. The van der Waals surface area contributed by atoms with E-state index in [1.54, 1.807) is 6.07 Å². The van der Waals surface area contributed by atoms with Gasteiger partial charge in [-0.15, -0.1) is 0 Å². The lowest BCUT2D eigenvalue weighted by Gasteiger charge is -2.30. The van der Waals surface area contributed by atoms with Crippen molar-refractivity contribution in [1.82, 2.24) is 10.2 Å². The van der Waals surface area contributed by atoms with Crippen LogP contribution in [0.3, 0.4) is 0 Å². The topological polar surface area (TPSA) is 69.6 Å². The van der Waals surface area contributed by atoms with Crippen LogP contribution in [0.15, 0.2) is 24.3 Å². The number of carbonyl (C=O) groups excluding carboxylic acids is 2. The molecule has 0 spiro atoms. The predicted octanol–water partition coefficient (Wildman–Crippen LogP) is 0.539. The smallest absolute Gasteiger partial charge is 0.254 e. The summed E-state index contributed by atoms with van der Waals surface area (Å²) in [4.78, 5) is 25.1. The van der Waals surface area contributed by atoms with Crippen LogP contribution in [0.4, 0.5) is 4.39 Å². The SMILES string of the molecule is O=C(NCC(=O)N1CCCC(O)C1)c1ccccc1F. The second-order valence-electron chi connectivity index (χ2n) is 4.80. The molecule has 0 aliphatic carbocycles. The van der Waals surface area contributed by atoms with Gasteiger partial charge in [0.25, 0.3) is 5.91 Å². The number of rotatable bonds is 3. The van der Waals surface area contributed by atoms with E-state index in [-0.39, 0.29) is 24.6 Å². The molecular formula is C14H17FN2O3. The molecule has 1 heterocycles. The number of carbonyl (C=O) groups is 2. The van der Waals surface area contributed by atoms with Gasteiger partial charge in [0, 0.05) is 13.1 Å². The lowest BCUT2D eigenvalue weighted by atomic mass is 10.1. The maximum absolute atomic E-state index is 13.4. The predicted molar refractivity (Wildman–Crippen MR) is 70.6 cm³/mol. The Labute approximate surface area is 116 Å². The summed E-state index contributed by atoms with van der Waals surface area (Å²) in [6.07, 6.45) is 0.925. The summed E-state index contributed by atoms with van der Waals surface area (Å²) in [6, 6.07) is 5.60. The second kappa shape index (κ2) is 6.47. The summed E-state index contributed by atoms with van der Waals surface area (Å²) >= 11 is 0. The van der Waals surface area contributed by atoms with E-state index in [0.29, 0.717) is 13.0 Å². The average Bonchev–Trinajstić information content (AvgIpc) is 2.45. The number of halogens is 1. The summed E-state index contributed by atoms with van der Waals surface area (Å²) in [5.41, 5.74) is -0.0843. The molecular weight excluding hydrogens is 263 g/mol. The van der Waals surface area contributed by atoms with Crippen molar-refractivity contribution in [2.24, 2.45) is 0 Å². The number of aliphatic hydroxyl groups excluding tert-OH is 1. The summed E-state index contributed by atoms with van der Waals surface area (Å²) in [7, 11) is 0. The minimum absolute atomic E-state index is 0.0843. The first kappa shape index (κ1) is 14.5. The van der Waals surface area contributed by atoms with Crippen LogP contribution in [0, 0.1) is 5.82 Å². The fraction of sp³-hybridized carbons (Fsp3) is 0.429. The monoisotopic (exact) mass is 280 g/mol. The first-order valence-corrected chi connectivity index (χ1v) is 6.56. The molecule has 1 aromatic rings. The van der Waals surface area contributed by atoms with Crippen molar-refractivity contribution in [1.29, 1.82) is 0 Å². The quantitative estimate of drug-likeness (QED) is 0.849. The zero-order valence-electron chi connectivity index (χ0n) is 11.0. The van der Waals surface area contributed by atoms with Crippen molar-refractivity contribution in [3.05, 3.63) is 35.6 Å².